The largest absolute Gasteiger partial charge is 4.00 e. The molecular formula is C21H21Cl4NOTi. The Morgan fingerprint density at radius 2 is 1.36 bits per heavy atom. The quantitative estimate of drug-likeness (QED) is 0.280. The van der Waals surface area contributed by atoms with E-state index in [9.17, 15) is 5.11 Å². The van der Waals surface area contributed by atoms with Gasteiger partial charge in [-0.1, -0.05) is 69.3 Å². The van der Waals surface area contributed by atoms with Gasteiger partial charge in [-0.3, -0.25) is 4.99 Å². The second-order valence-electron chi connectivity index (χ2n) is 6.75. The standard InChI is InChI=1S/C21H21NO.4ClH.Ti/c1-21(2,3)18-12-6-10-16(20(18)23)14-22-19-13-7-9-15-8-4-5-11-17(15)19;;;;;/h4-14,23H,1-3H3;4*1H;/q;;;;;+4/p-4. The SMILES string of the molecule is CC(C)(C)c1cccc(C=Nc2cccc3ccccc23)c1O.[Cl-].[Cl-].[Cl-].[Cl-].[Ti+4]. The monoisotopic (exact) mass is 491 g/mol. The number of phenolic OH excluding ortho intramolecular Hbond substituents is 1. The summed E-state index contributed by atoms with van der Waals surface area (Å²) in [6.45, 7) is 6.27. The van der Waals surface area contributed by atoms with Gasteiger partial charge in [0.25, 0.3) is 0 Å². The molecule has 3 aromatic rings. The van der Waals surface area contributed by atoms with Gasteiger partial charge in [-0.25, -0.2) is 0 Å². The van der Waals surface area contributed by atoms with Crippen LogP contribution in [0.1, 0.15) is 31.9 Å². The molecule has 0 saturated heterocycles. The average molecular weight is 493 g/mol. The fourth-order valence-corrected chi connectivity index (χ4v) is 2.73. The number of phenols is 1. The van der Waals surface area contributed by atoms with Gasteiger partial charge in [0, 0.05) is 17.2 Å². The molecule has 0 saturated carbocycles. The predicted molar refractivity (Wildman–Crippen MR) is 98.0 cm³/mol. The second kappa shape index (κ2) is 13.5. The molecule has 0 aliphatic carbocycles. The first-order chi connectivity index (χ1) is 11.0. The molecular weight excluding hydrogens is 472 g/mol. The summed E-state index contributed by atoms with van der Waals surface area (Å²) < 4.78 is 0. The molecule has 0 fully saturated rings. The Balaban J connectivity index is -0.00000125. The minimum Gasteiger partial charge on any atom is -1.00 e. The first kappa shape index (κ1) is 31.9. The Hall–Kier alpha value is -0.736. The molecule has 0 heterocycles. The van der Waals surface area contributed by atoms with Crippen LogP contribution in [0, 0.1) is 0 Å². The van der Waals surface area contributed by atoms with E-state index in [1.165, 1.54) is 0 Å². The van der Waals surface area contributed by atoms with E-state index in [1.807, 2.05) is 42.5 Å². The van der Waals surface area contributed by atoms with Crippen LogP contribution in [0.5, 0.6) is 5.75 Å². The molecule has 0 aliphatic rings. The van der Waals surface area contributed by atoms with Crippen molar-refractivity contribution in [1.29, 1.82) is 0 Å². The van der Waals surface area contributed by atoms with Gasteiger partial charge in [-0.05, 0) is 28.5 Å². The number of aliphatic imine (C=N–C) groups is 1. The third-order valence-electron chi connectivity index (χ3n) is 3.98. The Bertz CT molecular complexity index is 890. The molecule has 148 valence electrons. The van der Waals surface area contributed by atoms with Crippen molar-refractivity contribution in [2.45, 2.75) is 26.2 Å². The van der Waals surface area contributed by atoms with Crippen LogP contribution in [-0.4, -0.2) is 11.3 Å². The third-order valence-corrected chi connectivity index (χ3v) is 3.98. The zero-order valence-corrected chi connectivity index (χ0v) is 20.3. The minimum absolute atomic E-state index is 0. The van der Waals surface area contributed by atoms with E-state index >= 15 is 0 Å². The molecule has 0 unspecified atom stereocenters. The van der Waals surface area contributed by atoms with Crippen LogP contribution in [0.4, 0.5) is 5.69 Å². The van der Waals surface area contributed by atoms with Gasteiger partial charge in [0.2, 0.25) is 0 Å². The third kappa shape index (κ3) is 7.26. The van der Waals surface area contributed by atoms with Crippen molar-refractivity contribution >= 4 is 22.7 Å². The van der Waals surface area contributed by atoms with E-state index in [2.05, 4.69) is 44.0 Å². The van der Waals surface area contributed by atoms with Crippen molar-refractivity contribution in [3.05, 3.63) is 71.8 Å². The molecule has 1 N–H and O–H groups in total. The van der Waals surface area contributed by atoms with Crippen LogP contribution in [-0.2, 0) is 27.1 Å². The van der Waals surface area contributed by atoms with Crippen molar-refractivity contribution in [3.63, 3.8) is 0 Å². The van der Waals surface area contributed by atoms with Gasteiger partial charge in [0.15, 0.2) is 0 Å². The fourth-order valence-electron chi connectivity index (χ4n) is 2.73. The van der Waals surface area contributed by atoms with Crippen LogP contribution in [0.3, 0.4) is 0 Å². The summed E-state index contributed by atoms with van der Waals surface area (Å²) in [4.78, 5) is 4.60. The predicted octanol–water partition coefficient (Wildman–Crippen LogP) is -6.39. The molecule has 3 rings (SSSR count). The van der Waals surface area contributed by atoms with Gasteiger partial charge in [0.1, 0.15) is 5.75 Å². The van der Waals surface area contributed by atoms with Crippen LogP contribution in [0.25, 0.3) is 10.8 Å². The van der Waals surface area contributed by atoms with Crippen LogP contribution >= 0.6 is 0 Å². The normalized spacial score (nSPS) is 9.96. The summed E-state index contributed by atoms with van der Waals surface area (Å²) in [5, 5.41) is 12.8. The molecule has 0 aliphatic heterocycles. The summed E-state index contributed by atoms with van der Waals surface area (Å²) in [6, 6.07) is 20.1. The fraction of sp³-hybridized carbons (Fsp3) is 0.190. The number of hydrogen-bond acceptors (Lipinski definition) is 2. The van der Waals surface area contributed by atoms with Crippen molar-refractivity contribution in [2.24, 2.45) is 4.99 Å². The molecule has 0 aromatic heterocycles. The van der Waals surface area contributed by atoms with Crippen molar-refractivity contribution in [2.75, 3.05) is 0 Å². The Kier molecular flexibility index (Phi) is 15.4. The number of rotatable bonds is 2. The number of benzene rings is 3. The number of para-hydroxylation sites is 1. The first-order valence-electron chi connectivity index (χ1n) is 7.81. The van der Waals surface area contributed by atoms with E-state index in [0.717, 1.165) is 27.6 Å². The maximum Gasteiger partial charge on any atom is 4.00 e. The van der Waals surface area contributed by atoms with E-state index in [0.29, 0.717) is 5.75 Å². The van der Waals surface area contributed by atoms with Gasteiger partial charge < -0.3 is 54.7 Å². The average Bonchev–Trinajstić information content (AvgIpc) is 2.53. The number of halogens is 4. The summed E-state index contributed by atoms with van der Waals surface area (Å²) >= 11 is 0. The molecule has 7 heteroatoms. The van der Waals surface area contributed by atoms with Crippen LogP contribution < -0.4 is 49.6 Å². The number of nitrogens with zero attached hydrogens (tertiary/aromatic N) is 1. The molecule has 3 aromatic carbocycles. The topological polar surface area (TPSA) is 32.6 Å². The maximum atomic E-state index is 10.5. The van der Waals surface area contributed by atoms with Crippen molar-refractivity contribution < 1.29 is 76.5 Å². The summed E-state index contributed by atoms with van der Waals surface area (Å²) in [5.41, 5.74) is 2.47. The molecule has 2 nitrogen and oxygen atoms in total. The zero-order valence-electron chi connectivity index (χ0n) is 15.8. The van der Waals surface area contributed by atoms with E-state index < -0.39 is 0 Å². The van der Waals surface area contributed by atoms with Gasteiger partial charge >= 0.3 is 21.7 Å². The van der Waals surface area contributed by atoms with E-state index in [4.69, 9.17) is 0 Å². The Labute approximate surface area is 206 Å². The number of hydrogen-bond donors (Lipinski definition) is 1. The van der Waals surface area contributed by atoms with E-state index in [1.54, 1.807) is 6.21 Å². The second-order valence-corrected chi connectivity index (χ2v) is 6.75. The molecule has 0 bridgehead atoms. The molecule has 0 atom stereocenters. The minimum atomic E-state index is -0.104. The molecule has 0 radical (unpaired) electrons. The zero-order chi connectivity index (χ0) is 16.4. The smallest absolute Gasteiger partial charge is 1.00 e. The van der Waals surface area contributed by atoms with Crippen molar-refractivity contribution in [3.8, 4) is 5.75 Å². The van der Waals surface area contributed by atoms with Crippen LogP contribution in [0.2, 0.25) is 0 Å². The molecule has 0 spiro atoms. The summed E-state index contributed by atoms with van der Waals surface area (Å²) in [7, 11) is 0. The Morgan fingerprint density at radius 1 is 0.786 bits per heavy atom. The van der Waals surface area contributed by atoms with Crippen LogP contribution in [0.15, 0.2) is 65.7 Å². The summed E-state index contributed by atoms with van der Waals surface area (Å²) in [6.07, 6.45) is 1.74. The van der Waals surface area contributed by atoms with Gasteiger partial charge in [-0.2, -0.15) is 0 Å². The molecule has 0 amide bonds. The number of fused-ring (bicyclic) bond motifs is 1. The van der Waals surface area contributed by atoms with Gasteiger partial charge in [0.05, 0.1) is 5.69 Å². The maximum absolute atomic E-state index is 10.5. The van der Waals surface area contributed by atoms with E-state index in [-0.39, 0.29) is 76.8 Å². The summed E-state index contributed by atoms with van der Waals surface area (Å²) in [5.74, 6) is 0.309. The molecule has 28 heavy (non-hydrogen) atoms. The first-order valence-corrected chi connectivity index (χ1v) is 7.81. The number of aromatic hydroxyl groups is 1. The van der Waals surface area contributed by atoms with Crippen molar-refractivity contribution in [1.82, 2.24) is 0 Å². The van der Waals surface area contributed by atoms with Gasteiger partial charge in [-0.15, -0.1) is 0 Å². The Morgan fingerprint density at radius 3 is 2.00 bits per heavy atom.